The van der Waals surface area contributed by atoms with Gasteiger partial charge in [-0.05, 0) is 12.1 Å². The second kappa shape index (κ2) is 4.23. The summed E-state index contributed by atoms with van der Waals surface area (Å²) in [5.74, 6) is -0.0780. The van der Waals surface area contributed by atoms with E-state index in [1.165, 1.54) is 12.1 Å². The normalized spacial score (nSPS) is 20.0. The number of carbonyl (C=O) groups is 1. The molecule has 5 nitrogen and oxygen atoms in total. The molecule has 1 fully saturated rings. The highest BCUT2D eigenvalue weighted by Crippen LogP contribution is 2.13. The molecule has 0 spiro atoms. The molecule has 1 amide bonds. The van der Waals surface area contributed by atoms with E-state index in [0.717, 1.165) is 0 Å². The quantitative estimate of drug-likeness (QED) is 0.607. The summed E-state index contributed by atoms with van der Waals surface area (Å²) in [6, 6.07) is 7.73. The summed E-state index contributed by atoms with van der Waals surface area (Å²) >= 11 is 0. The lowest BCUT2D eigenvalue weighted by Crippen LogP contribution is -2.51. The SMILES string of the molecule is O=C1CC(COS(=O)(=O)c2ccccc2)N1. The zero-order valence-electron chi connectivity index (χ0n) is 8.42. The maximum Gasteiger partial charge on any atom is 0.297 e. The molecule has 0 aromatic heterocycles. The summed E-state index contributed by atoms with van der Waals surface area (Å²) in [6.45, 7) is -0.0109. The molecule has 0 bridgehead atoms. The Balaban J connectivity index is 1.96. The van der Waals surface area contributed by atoms with Gasteiger partial charge in [0.05, 0.1) is 17.5 Å². The van der Waals surface area contributed by atoms with Crippen LogP contribution in [-0.4, -0.2) is 27.0 Å². The molecule has 1 atom stereocenters. The zero-order chi connectivity index (χ0) is 11.6. The van der Waals surface area contributed by atoms with Crippen LogP contribution >= 0.6 is 0 Å². The van der Waals surface area contributed by atoms with Crippen LogP contribution in [0, 0.1) is 0 Å². The van der Waals surface area contributed by atoms with Gasteiger partial charge in [-0.3, -0.25) is 8.98 Å². The standard InChI is InChI=1S/C10H11NO4S/c12-10-6-8(11-10)7-15-16(13,14)9-4-2-1-3-5-9/h1-5,8H,6-7H2,(H,11,12). The number of carbonyl (C=O) groups excluding carboxylic acids is 1. The molecule has 6 heteroatoms. The summed E-state index contributed by atoms with van der Waals surface area (Å²) in [5, 5.41) is 2.54. The Morgan fingerprint density at radius 2 is 1.94 bits per heavy atom. The van der Waals surface area contributed by atoms with Crippen molar-refractivity contribution in [1.29, 1.82) is 0 Å². The maximum absolute atomic E-state index is 11.6. The predicted molar refractivity (Wildman–Crippen MR) is 56.1 cm³/mol. The minimum atomic E-state index is -3.70. The van der Waals surface area contributed by atoms with Gasteiger partial charge in [0, 0.05) is 6.42 Å². The minimum Gasteiger partial charge on any atom is -0.350 e. The van der Waals surface area contributed by atoms with Gasteiger partial charge in [-0.15, -0.1) is 0 Å². The lowest BCUT2D eigenvalue weighted by molar-refractivity contribution is -0.128. The fourth-order valence-electron chi connectivity index (χ4n) is 1.36. The number of benzene rings is 1. The fourth-order valence-corrected chi connectivity index (χ4v) is 2.33. The Bertz CT molecular complexity index is 475. The second-order valence-corrected chi connectivity index (χ2v) is 5.14. The third-order valence-electron chi connectivity index (χ3n) is 2.25. The average Bonchev–Trinajstić information content (AvgIpc) is 2.24. The van der Waals surface area contributed by atoms with E-state index >= 15 is 0 Å². The van der Waals surface area contributed by atoms with E-state index in [-0.39, 0.29) is 23.5 Å². The van der Waals surface area contributed by atoms with Crippen LogP contribution in [0.3, 0.4) is 0 Å². The van der Waals surface area contributed by atoms with E-state index in [1.807, 2.05) is 0 Å². The fraction of sp³-hybridized carbons (Fsp3) is 0.300. The first-order valence-electron chi connectivity index (χ1n) is 4.82. The molecule has 0 saturated carbocycles. The zero-order valence-corrected chi connectivity index (χ0v) is 9.24. The summed E-state index contributed by atoms with van der Waals surface area (Å²) in [6.07, 6.45) is 0.324. The van der Waals surface area contributed by atoms with Crippen molar-refractivity contribution in [3.05, 3.63) is 30.3 Å². The predicted octanol–water partition coefficient (Wildman–Crippen LogP) is 0.280. The van der Waals surface area contributed by atoms with Gasteiger partial charge >= 0.3 is 0 Å². The van der Waals surface area contributed by atoms with Crippen LogP contribution < -0.4 is 5.32 Å². The van der Waals surface area contributed by atoms with E-state index < -0.39 is 10.1 Å². The van der Waals surface area contributed by atoms with Crippen molar-refractivity contribution < 1.29 is 17.4 Å². The van der Waals surface area contributed by atoms with E-state index in [0.29, 0.717) is 6.42 Å². The molecule has 0 aliphatic carbocycles. The second-order valence-electron chi connectivity index (χ2n) is 3.52. The highest BCUT2D eigenvalue weighted by Gasteiger charge is 2.27. The molecule has 1 N–H and O–H groups in total. The Morgan fingerprint density at radius 1 is 1.31 bits per heavy atom. The number of β-lactam (4-membered cyclic amide) rings is 1. The maximum atomic E-state index is 11.6. The van der Waals surface area contributed by atoms with Crippen LogP contribution in [0.4, 0.5) is 0 Å². The van der Waals surface area contributed by atoms with Crippen LogP contribution in [-0.2, 0) is 19.1 Å². The van der Waals surface area contributed by atoms with Crippen molar-refractivity contribution in [3.8, 4) is 0 Å². The van der Waals surface area contributed by atoms with Crippen LogP contribution in [0.15, 0.2) is 35.2 Å². The van der Waals surface area contributed by atoms with Crippen molar-refractivity contribution in [1.82, 2.24) is 5.32 Å². The topological polar surface area (TPSA) is 72.5 Å². The summed E-state index contributed by atoms with van der Waals surface area (Å²) in [7, 11) is -3.70. The monoisotopic (exact) mass is 241 g/mol. The third kappa shape index (κ3) is 2.40. The minimum absolute atomic E-state index is 0.0109. The Morgan fingerprint density at radius 3 is 2.50 bits per heavy atom. The molecule has 16 heavy (non-hydrogen) atoms. The lowest BCUT2D eigenvalue weighted by Gasteiger charge is -2.25. The summed E-state index contributed by atoms with van der Waals surface area (Å²) < 4.78 is 28.1. The molecule has 1 saturated heterocycles. The highest BCUT2D eigenvalue weighted by atomic mass is 32.2. The summed E-state index contributed by atoms with van der Waals surface area (Å²) in [5.41, 5.74) is 0. The molecule has 1 aliphatic rings. The first-order chi connectivity index (χ1) is 7.58. The Labute approximate surface area is 93.5 Å². The third-order valence-corrected chi connectivity index (χ3v) is 3.55. The molecule has 1 heterocycles. The van der Waals surface area contributed by atoms with Crippen LogP contribution in [0.5, 0.6) is 0 Å². The van der Waals surface area contributed by atoms with E-state index in [9.17, 15) is 13.2 Å². The van der Waals surface area contributed by atoms with Crippen LogP contribution in [0.2, 0.25) is 0 Å². The average molecular weight is 241 g/mol. The van der Waals surface area contributed by atoms with Gasteiger partial charge in [-0.25, -0.2) is 0 Å². The first-order valence-corrected chi connectivity index (χ1v) is 6.22. The van der Waals surface area contributed by atoms with Crippen molar-refractivity contribution in [2.75, 3.05) is 6.61 Å². The van der Waals surface area contributed by atoms with Gasteiger partial charge in [0.15, 0.2) is 0 Å². The van der Waals surface area contributed by atoms with Gasteiger partial charge in [0.25, 0.3) is 10.1 Å². The number of hydrogen-bond acceptors (Lipinski definition) is 4. The molecule has 1 aliphatic heterocycles. The van der Waals surface area contributed by atoms with Crippen molar-refractivity contribution in [2.24, 2.45) is 0 Å². The Kier molecular flexibility index (Phi) is 2.93. The van der Waals surface area contributed by atoms with Gasteiger partial charge in [0.1, 0.15) is 0 Å². The van der Waals surface area contributed by atoms with Crippen LogP contribution in [0.25, 0.3) is 0 Å². The number of amides is 1. The molecule has 1 aromatic carbocycles. The molecular weight excluding hydrogens is 230 g/mol. The summed E-state index contributed by atoms with van der Waals surface area (Å²) in [4.78, 5) is 10.7. The molecule has 86 valence electrons. The molecule has 1 unspecified atom stereocenters. The molecule has 1 aromatic rings. The smallest absolute Gasteiger partial charge is 0.297 e. The highest BCUT2D eigenvalue weighted by molar-refractivity contribution is 7.86. The molecular formula is C10H11NO4S. The van der Waals surface area contributed by atoms with Crippen molar-refractivity contribution in [2.45, 2.75) is 17.4 Å². The van der Waals surface area contributed by atoms with E-state index in [2.05, 4.69) is 5.32 Å². The van der Waals surface area contributed by atoms with Gasteiger partial charge in [-0.2, -0.15) is 8.42 Å². The van der Waals surface area contributed by atoms with Gasteiger partial charge in [0.2, 0.25) is 5.91 Å². The van der Waals surface area contributed by atoms with E-state index in [1.54, 1.807) is 18.2 Å². The lowest BCUT2D eigenvalue weighted by atomic mass is 10.1. The van der Waals surface area contributed by atoms with Crippen molar-refractivity contribution in [3.63, 3.8) is 0 Å². The number of hydrogen-bond donors (Lipinski definition) is 1. The van der Waals surface area contributed by atoms with Crippen LogP contribution in [0.1, 0.15) is 6.42 Å². The number of nitrogens with one attached hydrogen (secondary N) is 1. The number of rotatable bonds is 4. The first kappa shape index (κ1) is 11.1. The van der Waals surface area contributed by atoms with Gasteiger partial charge in [-0.1, -0.05) is 18.2 Å². The largest absolute Gasteiger partial charge is 0.350 e. The van der Waals surface area contributed by atoms with Gasteiger partial charge < -0.3 is 5.32 Å². The molecule has 0 radical (unpaired) electrons. The van der Waals surface area contributed by atoms with E-state index in [4.69, 9.17) is 4.18 Å². The Hall–Kier alpha value is -1.40. The molecule has 2 rings (SSSR count). The van der Waals surface area contributed by atoms with Crippen molar-refractivity contribution >= 4 is 16.0 Å².